The van der Waals surface area contributed by atoms with E-state index in [9.17, 15) is 13.2 Å². The molecule has 8 heteroatoms. The molecule has 1 atom stereocenters. The van der Waals surface area contributed by atoms with Crippen molar-refractivity contribution in [3.63, 3.8) is 0 Å². The van der Waals surface area contributed by atoms with Crippen molar-refractivity contribution >= 4 is 5.82 Å². The third kappa shape index (κ3) is 4.52. The average molecular weight is 504 g/mol. The van der Waals surface area contributed by atoms with Crippen molar-refractivity contribution in [1.82, 2.24) is 19.5 Å². The fourth-order valence-corrected chi connectivity index (χ4v) is 4.91. The summed E-state index contributed by atoms with van der Waals surface area (Å²) in [6, 6.07) is 15.5. The van der Waals surface area contributed by atoms with E-state index in [0.29, 0.717) is 23.7 Å². The number of aryl methyl sites for hydroxylation is 1. The lowest BCUT2D eigenvalue weighted by Gasteiger charge is -2.28. The molecule has 0 amide bonds. The predicted molar refractivity (Wildman–Crippen MR) is 139 cm³/mol. The number of rotatable bonds is 5. The molecule has 0 fully saturated rings. The van der Waals surface area contributed by atoms with E-state index in [0.717, 1.165) is 34.4 Å². The molecule has 0 unspecified atom stereocenters. The first-order chi connectivity index (χ1) is 17.5. The zero-order chi connectivity index (χ0) is 26.5. The van der Waals surface area contributed by atoms with Crippen LogP contribution in [0.1, 0.15) is 55.1 Å². The molecule has 0 aliphatic carbocycles. The normalized spacial score (nSPS) is 14.4. The molecule has 3 heterocycles. The highest BCUT2D eigenvalue weighted by molar-refractivity contribution is 5.68. The van der Waals surface area contributed by atoms with Gasteiger partial charge in [-0.2, -0.15) is 13.2 Å². The van der Waals surface area contributed by atoms with Crippen LogP contribution in [0.5, 0.6) is 0 Å². The van der Waals surface area contributed by atoms with Crippen molar-refractivity contribution < 1.29 is 13.2 Å². The minimum absolute atomic E-state index is 0.0852. The van der Waals surface area contributed by atoms with E-state index < -0.39 is 11.9 Å². The van der Waals surface area contributed by atoms with Crippen molar-refractivity contribution in [2.75, 3.05) is 4.90 Å². The van der Waals surface area contributed by atoms with Gasteiger partial charge in [0.1, 0.15) is 11.6 Å². The Hall–Kier alpha value is -3.94. The van der Waals surface area contributed by atoms with Crippen molar-refractivity contribution in [2.24, 2.45) is 7.05 Å². The van der Waals surface area contributed by atoms with E-state index in [2.05, 4.69) is 54.4 Å². The second-order valence-corrected chi connectivity index (χ2v) is 9.75. The molecule has 4 aromatic rings. The summed E-state index contributed by atoms with van der Waals surface area (Å²) in [7, 11) is 1.56. The van der Waals surface area contributed by atoms with Gasteiger partial charge in [-0.25, -0.2) is 15.0 Å². The fraction of sp³-hybridized carbons (Fsp3) is 0.276. The van der Waals surface area contributed by atoms with E-state index in [4.69, 9.17) is 4.98 Å². The van der Waals surface area contributed by atoms with Crippen LogP contribution in [0.2, 0.25) is 0 Å². The minimum atomic E-state index is -4.48. The lowest BCUT2D eigenvalue weighted by atomic mass is 9.97. The van der Waals surface area contributed by atoms with Crippen LogP contribution in [-0.4, -0.2) is 19.5 Å². The zero-order valence-corrected chi connectivity index (χ0v) is 21.2. The third-order valence-electron chi connectivity index (χ3n) is 6.83. The molecule has 0 spiro atoms. The summed E-state index contributed by atoms with van der Waals surface area (Å²) in [5, 5.41) is 0. The molecule has 5 nitrogen and oxygen atoms in total. The molecular weight excluding hydrogens is 475 g/mol. The van der Waals surface area contributed by atoms with Crippen LogP contribution in [-0.2, 0) is 19.6 Å². The van der Waals surface area contributed by atoms with Crippen molar-refractivity contribution in [1.29, 1.82) is 0 Å². The van der Waals surface area contributed by atoms with Crippen LogP contribution in [0.4, 0.5) is 19.0 Å². The predicted octanol–water partition coefficient (Wildman–Crippen LogP) is 7.32. The summed E-state index contributed by atoms with van der Waals surface area (Å²) in [4.78, 5) is 15.6. The topological polar surface area (TPSA) is 46.8 Å². The summed E-state index contributed by atoms with van der Waals surface area (Å²) in [5.41, 5.74) is 4.86. The first-order valence-electron chi connectivity index (χ1n) is 12.2. The van der Waals surface area contributed by atoms with Gasteiger partial charge in [0.05, 0.1) is 6.04 Å². The van der Waals surface area contributed by atoms with Crippen LogP contribution in [0, 0.1) is 0 Å². The number of anilines is 1. The number of hydrogen-bond acceptors (Lipinski definition) is 4. The maximum absolute atomic E-state index is 13.1. The molecule has 190 valence electrons. The van der Waals surface area contributed by atoms with Crippen LogP contribution in [0.3, 0.4) is 0 Å². The minimum Gasteiger partial charge on any atom is -0.333 e. The highest BCUT2D eigenvalue weighted by Gasteiger charge is 2.35. The second-order valence-electron chi connectivity index (χ2n) is 9.75. The Balaban J connectivity index is 1.46. The first kappa shape index (κ1) is 24.7. The second kappa shape index (κ2) is 9.18. The molecule has 0 bridgehead atoms. The molecular formula is C29H28F3N5. The molecule has 2 aromatic heterocycles. The van der Waals surface area contributed by atoms with Gasteiger partial charge < -0.3 is 9.47 Å². The number of alkyl halides is 3. The standard InChI is InChI=1S/C29H28F3N5/c1-17(2)23-8-6-7-9-24(23)26-33-15-22-14-18(3)37(28(22)35-26)19(4)20-10-12-21(13-11-20)27-34-25(16-36(27)5)29(30,31)32/h6-13,15-17,19H,3,14H2,1-2,4-5H3/t19-/m1/s1. The first-order valence-corrected chi connectivity index (χ1v) is 12.2. The molecule has 1 aliphatic heterocycles. The van der Waals surface area contributed by atoms with Crippen LogP contribution in [0.15, 0.2) is 73.2 Å². The third-order valence-corrected chi connectivity index (χ3v) is 6.83. The Morgan fingerprint density at radius 2 is 1.68 bits per heavy atom. The smallest absolute Gasteiger partial charge is 0.333 e. The van der Waals surface area contributed by atoms with Gasteiger partial charge >= 0.3 is 6.18 Å². The molecule has 0 N–H and O–H groups in total. The van der Waals surface area contributed by atoms with E-state index in [1.807, 2.05) is 30.5 Å². The van der Waals surface area contributed by atoms with Gasteiger partial charge in [-0.1, -0.05) is 69.0 Å². The van der Waals surface area contributed by atoms with E-state index in [-0.39, 0.29) is 11.9 Å². The van der Waals surface area contributed by atoms with Gasteiger partial charge in [0.2, 0.25) is 0 Å². The van der Waals surface area contributed by atoms with Gasteiger partial charge in [0.15, 0.2) is 11.5 Å². The van der Waals surface area contributed by atoms with Crippen LogP contribution in [0.25, 0.3) is 22.8 Å². The Kier molecular flexibility index (Phi) is 6.14. The summed E-state index contributed by atoms with van der Waals surface area (Å²) >= 11 is 0. The molecule has 0 saturated heterocycles. The zero-order valence-electron chi connectivity index (χ0n) is 21.2. The van der Waals surface area contributed by atoms with Crippen LogP contribution < -0.4 is 4.90 Å². The highest BCUT2D eigenvalue weighted by atomic mass is 19.4. The molecule has 0 radical (unpaired) electrons. The Morgan fingerprint density at radius 3 is 2.32 bits per heavy atom. The molecule has 37 heavy (non-hydrogen) atoms. The highest BCUT2D eigenvalue weighted by Crippen LogP contribution is 2.40. The van der Waals surface area contributed by atoms with Crippen molar-refractivity contribution in [2.45, 2.75) is 45.3 Å². The Labute approximate surface area is 214 Å². The van der Waals surface area contributed by atoms with Crippen molar-refractivity contribution in [3.8, 4) is 22.8 Å². The lowest BCUT2D eigenvalue weighted by molar-refractivity contribution is -0.140. The van der Waals surface area contributed by atoms with E-state index in [1.54, 1.807) is 19.2 Å². The Morgan fingerprint density at radius 1 is 0.973 bits per heavy atom. The number of allylic oxidation sites excluding steroid dienone is 1. The fourth-order valence-electron chi connectivity index (χ4n) is 4.91. The van der Waals surface area contributed by atoms with E-state index >= 15 is 0 Å². The van der Waals surface area contributed by atoms with Crippen LogP contribution >= 0.6 is 0 Å². The number of nitrogens with zero attached hydrogens (tertiary/aromatic N) is 5. The molecule has 5 rings (SSSR count). The maximum Gasteiger partial charge on any atom is 0.434 e. The molecule has 0 saturated carbocycles. The van der Waals surface area contributed by atoms with Gasteiger partial charge in [0.25, 0.3) is 0 Å². The number of aromatic nitrogens is 4. The summed E-state index contributed by atoms with van der Waals surface area (Å²) < 4.78 is 40.7. The average Bonchev–Trinajstić information content (AvgIpc) is 3.42. The maximum atomic E-state index is 13.1. The SMILES string of the molecule is C=C1Cc2cnc(-c3ccccc3C(C)C)nc2N1[C@H](C)c1ccc(-c2nc(C(F)(F)F)cn2C)cc1. The number of benzene rings is 2. The summed E-state index contributed by atoms with van der Waals surface area (Å²) in [5.74, 6) is 2.12. The van der Waals surface area contributed by atoms with Gasteiger partial charge in [-0.05, 0) is 24.0 Å². The number of imidazole rings is 1. The van der Waals surface area contributed by atoms with Gasteiger partial charge in [-0.3, -0.25) is 0 Å². The number of halogens is 3. The Bertz CT molecular complexity index is 1470. The number of fused-ring (bicyclic) bond motifs is 1. The summed E-state index contributed by atoms with van der Waals surface area (Å²) in [6.07, 6.45) is -0.928. The molecule has 2 aromatic carbocycles. The van der Waals surface area contributed by atoms with Gasteiger partial charge in [-0.15, -0.1) is 0 Å². The van der Waals surface area contributed by atoms with E-state index in [1.165, 1.54) is 10.1 Å². The summed E-state index contributed by atoms with van der Waals surface area (Å²) in [6.45, 7) is 10.7. The molecule has 1 aliphatic rings. The van der Waals surface area contributed by atoms with Gasteiger partial charge in [0, 0.05) is 48.2 Å². The number of hydrogen-bond donors (Lipinski definition) is 0. The largest absolute Gasteiger partial charge is 0.434 e. The quantitative estimate of drug-likeness (QED) is 0.286. The van der Waals surface area contributed by atoms with Crippen molar-refractivity contribution in [3.05, 3.63) is 95.6 Å². The monoisotopic (exact) mass is 503 g/mol. The lowest BCUT2D eigenvalue weighted by Crippen LogP contribution is -2.23.